The molecule has 0 radical (unpaired) electrons. The molecule has 76 valence electrons. The minimum atomic E-state index is 0.183. The van der Waals surface area contributed by atoms with Crippen LogP contribution in [0.15, 0.2) is 30.6 Å². The lowest BCUT2D eigenvalue weighted by Crippen LogP contribution is -2.01. The van der Waals surface area contributed by atoms with Gasteiger partial charge in [-0.1, -0.05) is 0 Å². The predicted molar refractivity (Wildman–Crippen MR) is 58.4 cm³/mol. The summed E-state index contributed by atoms with van der Waals surface area (Å²) >= 11 is 0. The summed E-state index contributed by atoms with van der Waals surface area (Å²) in [4.78, 5) is 11.5. The number of nitrogens with zero attached hydrogens (tertiary/aromatic N) is 3. The van der Waals surface area contributed by atoms with Crippen molar-refractivity contribution in [3.05, 3.63) is 30.6 Å². The molecule has 0 unspecified atom stereocenters. The van der Waals surface area contributed by atoms with Gasteiger partial charge < -0.3 is 16.8 Å². The van der Waals surface area contributed by atoms with Crippen LogP contribution in [0.4, 0.5) is 23.3 Å². The molecule has 0 saturated heterocycles. The highest BCUT2D eigenvalue weighted by Crippen LogP contribution is 2.14. The van der Waals surface area contributed by atoms with Gasteiger partial charge in [-0.05, 0) is 24.3 Å². The lowest BCUT2D eigenvalue weighted by molar-refractivity contribution is 1.07. The SMILES string of the molecule is Nc1ccc(Nc2ncnc(N)n2)cc1. The van der Waals surface area contributed by atoms with Crippen LogP contribution in [-0.2, 0) is 0 Å². The Labute approximate surface area is 86.4 Å². The molecular formula is C9H10N6. The van der Waals surface area contributed by atoms with E-state index in [9.17, 15) is 0 Å². The number of nitrogens with one attached hydrogen (secondary N) is 1. The van der Waals surface area contributed by atoms with Crippen LogP contribution in [-0.4, -0.2) is 15.0 Å². The zero-order valence-corrected chi connectivity index (χ0v) is 7.88. The van der Waals surface area contributed by atoms with E-state index in [1.807, 2.05) is 12.1 Å². The molecule has 0 atom stereocenters. The van der Waals surface area contributed by atoms with Crippen molar-refractivity contribution in [3.8, 4) is 0 Å². The molecule has 0 bridgehead atoms. The number of hydrogen-bond donors (Lipinski definition) is 3. The minimum absolute atomic E-state index is 0.183. The van der Waals surface area contributed by atoms with Crippen LogP contribution in [0.3, 0.4) is 0 Å². The fraction of sp³-hybridized carbons (Fsp3) is 0. The highest BCUT2D eigenvalue weighted by Gasteiger charge is 1.97. The highest BCUT2D eigenvalue weighted by atomic mass is 15.2. The van der Waals surface area contributed by atoms with Crippen molar-refractivity contribution in [3.63, 3.8) is 0 Å². The van der Waals surface area contributed by atoms with Crippen LogP contribution in [0.2, 0.25) is 0 Å². The van der Waals surface area contributed by atoms with Crippen molar-refractivity contribution in [2.24, 2.45) is 0 Å². The van der Waals surface area contributed by atoms with Crippen LogP contribution in [0.1, 0.15) is 0 Å². The summed E-state index contributed by atoms with van der Waals surface area (Å²) in [7, 11) is 0. The average molecular weight is 202 g/mol. The van der Waals surface area contributed by atoms with E-state index in [4.69, 9.17) is 11.5 Å². The monoisotopic (exact) mass is 202 g/mol. The van der Waals surface area contributed by atoms with Crippen LogP contribution < -0.4 is 16.8 Å². The zero-order valence-electron chi connectivity index (χ0n) is 7.88. The molecule has 2 rings (SSSR count). The van der Waals surface area contributed by atoms with E-state index in [0.29, 0.717) is 11.6 Å². The Morgan fingerprint density at radius 1 is 1.00 bits per heavy atom. The summed E-state index contributed by atoms with van der Waals surface area (Å²) in [5, 5.41) is 2.97. The molecule has 1 aromatic heterocycles. The molecule has 2 aromatic rings. The van der Waals surface area contributed by atoms with E-state index in [0.717, 1.165) is 5.69 Å². The summed E-state index contributed by atoms with van der Waals surface area (Å²) < 4.78 is 0. The van der Waals surface area contributed by atoms with E-state index >= 15 is 0 Å². The number of aromatic nitrogens is 3. The van der Waals surface area contributed by atoms with Gasteiger partial charge in [-0.15, -0.1) is 0 Å². The van der Waals surface area contributed by atoms with Gasteiger partial charge in [0.2, 0.25) is 11.9 Å². The Hall–Kier alpha value is -2.37. The molecule has 0 aliphatic rings. The van der Waals surface area contributed by atoms with Crippen molar-refractivity contribution in [1.29, 1.82) is 0 Å². The second kappa shape index (κ2) is 3.79. The Kier molecular flexibility index (Phi) is 2.32. The molecule has 5 N–H and O–H groups in total. The normalized spacial score (nSPS) is 9.87. The zero-order chi connectivity index (χ0) is 10.7. The quantitative estimate of drug-likeness (QED) is 0.622. The molecule has 6 nitrogen and oxygen atoms in total. The van der Waals surface area contributed by atoms with Gasteiger partial charge in [-0.2, -0.15) is 4.98 Å². The van der Waals surface area contributed by atoms with Crippen molar-refractivity contribution in [2.45, 2.75) is 0 Å². The maximum atomic E-state index is 5.56. The molecular weight excluding hydrogens is 192 g/mol. The van der Waals surface area contributed by atoms with Crippen molar-refractivity contribution < 1.29 is 0 Å². The first-order valence-corrected chi connectivity index (χ1v) is 4.31. The maximum absolute atomic E-state index is 5.56. The van der Waals surface area contributed by atoms with E-state index < -0.39 is 0 Å². The van der Waals surface area contributed by atoms with Gasteiger partial charge >= 0.3 is 0 Å². The summed E-state index contributed by atoms with van der Waals surface area (Å²) in [5.41, 5.74) is 12.5. The van der Waals surface area contributed by atoms with E-state index in [1.165, 1.54) is 6.33 Å². The molecule has 0 aliphatic heterocycles. The lowest BCUT2D eigenvalue weighted by Gasteiger charge is -2.04. The van der Waals surface area contributed by atoms with Crippen molar-refractivity contribution in [1.82, 2.24) is 15.0 Å². The second-order valence-corrected chi connectivity index (χ2v) is 2.91. The van der Waals surface area contributed by atoms with Gasteiger partial charge in [0.25, 0.3) is 0 Å². The third-order valence-corrected chi connectivity index (χ3v) is 1.76. The van der Waals surface area contributed by atoms with E-state index in [-0.39, 0.29) is 5.95 Å². The van der Waals surface area contributed by atoms with E-state index in [2.05, 4.69) is 20.3 Å². The topological polar surface area (TPSA) is 103 Å². The Morgan fingerprint density at radius 2 is 1.73 bits per heavy atom. The molecule has 0 aliphatic carbocycles. The molecule has 1 aromatic carbocycles. The van der Waals surface area contributed by atoms with Gasteiger partial charge in [0.1, 0.15) is 6.33 Å². The molecule has 15 heavy (non-hydrogen) atoms. The smallest absolute Gasteiger partial charge is 0.231 e. The first-order valence-electron chi connectivity index (χ1n) is 4.31. The number of nitrogen functional groups attached to an aromatic ring is 2. The Morgan fingerprint density at radius 3 is 2.40 bits per heavy atom. The fourth-order valence-electron chi connectivity index (χ4n) is 1.06. The van der Waals surface area contributed by atoms with Crippen LogP contribution >= 0.6 is 0 Å². The number of rotatable bonds is 2. The number of nitrogens with two attached hydrogens (primary N) is 2. The molecule has 0 fully saturated rings. The number of benzene rings is 1. The molecule has 6 heteroatoms. The van der Waals surface area contributed by atoms with Gasteiger partial charge in [0, 0.05) is 11.4 Å². The summed E-state index contributed by atoms with van der Waals surface area (Å²) in [6, 6.07) is 7.23. The fourth-order valence-corrected chi connectivity index (χ4v) is 1.06. The number of hydrogen-bond acceptors (Lipinski definition) is 6. The molecule has 1 heterocycles. The van der Waals surface area contributed by atoms with Crippen molar-refractivity contribution in [2.75, 3.05) is 16.8 Å². The third kappa shape index (κ3) is 2.31. The first kappa shape index (κ1) is 9.20. The maximum Gasteiger partial charge on any atom is 0.231 e. The number of anilines is 4. The molecule has 0 spiro atoms. The Bertz CT molecular complexity index is 452. The lowest BCUT2D eigenvalue weighted by atomic mass is 10.3. The van der Waals surface area contributed by atoms with Crippen LogP contribution in [0.25, 0.3) is 0 Å². The van der Waals surface area contributed by atoms with E-state index in [1.54, 1.807) is 12.1 Å². The van der Waals surface area contributed by atoms with Gasteiger partial charge in [-0.3, -0.25) is 0 Å². The van der Waals surface area contributed by atoms with Crippen LogP contribution in [0, 0.1) is 0 Å². The van der Waals surface area contributed by atoms with Crippen molar-refractivity contribution >= 4 is 23.3 Å². The third-order valence-electron chi connectivity index (χ3n) is 1.76. The second-order valence-electron chi connectivity index (χ2n) is 2.91. The standard InChI is InChI=1S/C9H10N6/c10-6-1-3-7(4-2-6)14-9-13-5-12-8(11)15-9/h1-5H,10H2,(H3,11,12,13,14,15). The first-order chi connectivity index (χ1) is 7.24. The molecule has 0 amide bonds. The van der Waals surface area contributed by atoms with Gasteiger partial charge in [-0.25, -0.2) is 9.97 Å². The summed E-state index contributed by atoms with van der Waals surface area (Å²) in [5.74, 6) is 0.593. The highest BCUT2D eigenvalue weighted by molar-refractivity contribution is 5.57. The average Bonchev–Trinajstić information content (AvgIpc) is 2.22. The van der Waals surface area contributed by atoms with Crippen LogP contribution in [0.5, 0.6) is 0 Å². The predicted octanol–water partition coefficient (Wildman–Crippen LogP) is 0.780. The summed E-state index contributed by atoms with van der Waals surface area (Å²) in [6.45, 7) is 0. The Balaban J connectivity index is 2.18. The van der Waals surface area contributed by atoms with Gasteiger partial charge in [0.05, 0.1) is 0 Å². The largest absolute Gasteiger partial charge is 0.399 e. The van der Waals surface area contributed by atoms with Gasteiger partial charge in [0.15, 0.2) is 0 Å². The molecule has 0 saturated carbocycles. The minimum Gasteiger partial charge on any atom is -0.399 e. The summed E-state index contributed by atoms with van der Waals surface area (Å²) in [6.07, 6.45) is 1.35.